The van der Waals surface area contributed by atoms with E-state index in [1.54, 1.807) is 32.2 Å². The fraction of sp³-hybridized carbons (Fsp3) is 0.280. The van der Waals surface area contributed by atoms with E-state index in [0.29, 0.717) is 28.5 Å². The van der Waals surface area contributed by atoms with Crippen molar-refractivity contribution in [1.29, 1.82) is 0 Å². The molecular weight excluding hydrogens is 434 g/mol. The summed E-state index contributed by atoms with van der Waals surface area (Å²) in [6.07, 6.45) is 0.769. The Kier molecular flexibility index (Phi) is 6.36. The number of H-pyrrole nitrogens is 1. The van der Waals surface area contributed by atoms with Crippen LogP contribution in [0.1, 0.15) is 42.4 Å². The molecular formula is C25H27N5O4. The number of aromatic nitrogens is 2. The number of nitrogens with one attached hydrogen (secondary N) is 3. The lowest BCUT2D eigenvalue weighted by Gasteiger charge is -2.26. The van der Waals surface area contributed by atoms with E-state index < -0.39 is 6.09 Å². The average Bonchev–Trinajstić information content (AvgIpc) is 3.13. The van der Waals surface area contributed by atoms with Gasteiger partial charge in [0.1, 0.15) is 5.82 Å². The number of ketones is 1. The van der Waals surface area contributed by atoms with Crippen molar-refractivity contribution in [3.8, 4) is 11.3 Å². The molecule has 9 nitrogen and oxygen atoms in total. The molecule has 176 valence electrons. The monoisotopic (exact) mass is 461 g/mol. The first-order chi connectivity index (χ1) is 16.2. The van der Waals surface area contributed by atoms with Gasteiger partial charge in [0.2, 0.25) is 5.91 Å². The molecule has 1 aliphatic heterocycles. The first kappa shape index (κ1) is 23.0. The molecule has 3 aromatic rings. The Labute approximate surface area is 197 Å². The van der Waals surface area contributed by atoms with Gasteiger partial charge in [-0.25, -0.2) is 9.78 Å². The van der Waals surface area contributed by atoms with E-state index in [0.717, 1.165) is 16.8 Å². The lowest BCUT2D eigenvalue weighted by Crippen LogP contribution is -2.40. The largest absolute Gasteiger partial charge is 0.447 e. The fourth-order valence-corrected chi connectivity index (χ4v) is 3.84. The van der Waals surface area contributed by atoms with Gasteiger partial charge in [0.05, 0.1) is 36.1 Å². The van der Waals surface area contributed by atoms with Crippen LogP contribution in [0.4, 0.5) is 22.0 Å². The van der Waals surface area contributed by atoms with Gasteiger partial charge < -0.3 is 20.4 Å². The van der Waals surface area contributed by atoms with Gasteiger partial charge in [0.25, 0.3) is 0 Å². The molecule has 0 fully saturated rings. The van der Waals surface area contributed by atoms with Gasteiger partial charge in [-0.3, -0.25) is 14.5 Å². The predicted octanol–water partition coefficient (Wildman–Crippen LogP) is 4.63. The number of fused-ring (bicyclic) bond motifs is 1. The van der Waals surface area contributed by atoms with Crippen LogP contribution in [0.3, 0.4) is 0 Å². The highest BCUT2D eigenvalue weighted by Gasteiger charge is 2.33. The Morgan fingerprint density at radius 2 is 1.88 bits per heavy atom. The smallest absolute Gasteiger partial charge is 0.410 e. The van der Waals surface area contributed by atoms with E-state index in [2.05, 4.69) is 20.6 Å². The van der Waals surface area contributed by atoms with Crippen LogP contribution in [-0.2, 0) is 16.1 Å². The summed E-state index contributed by atoms with van der Waals surface area (Å²) in [4.78, 5) is 46.1. The Hall–Kier alpha value is -4.14. The summed E-state index contributed by atoms with van der Waals surface area (Å²) >= 11 is 0. The van der Waals surface area contributed by atoms with Crippen molar-refractivity contribution in [2.24, 2.45) is 0 Å². The topological polar surface area (TPSA) is 116 Å². The number of ether oxygens (including phenoxy) is 1. The normalized spacial score (nSPS) is 13.0. The van der Waals surface area contributed by atoms with E-state index in [-0.39, 0.29) is 30.9 Å². The number of Topliss-reactive ketones (excluding diaryl/α,β-unsaturated/α-hetero) is 1. The molecule has 2 aromatic heterocycles. The molecule has 3 heterocycles. The summed E-state index contributed by atoms with van der Waals surface area (Å²) in [6, 6.07) is 11.4. The average molecular weight is 462 g/mol. The molecule has 3 N–H and O–H groups in total. The van der Waals surface area contributed by atoms with Crippen molar-refractivity contribution in [3.05, 3.63) is 59.4 Å². The summed E-state index contributed by atoms with van der Waals surface area (Å²) in [5, 5.41) is 6.06. The molecule has 34 heavy (non-hydrogen) atoms. The Balaban J connectivity index is 1.78. The third-order valence-electron chi connectivity index (χ3n) is 5.31. The number of amides is 2. The SMILES string of the molecule is CC(=O)Nc1cc(-c2[nH]c3c(c2Nc2ccc(C)cc2)C(=O)CN(C(=O)OC(C)C)C3)ccn1. The van der Waals surface area contributed by atoms with E-state index in [1.807, 2.05) is 31.2 Å². The maximum atomic E-state index is 13.2. The third kappa shape index (κ3) is 4.93. The van der Waals surface area contributed by atoms with Crippen molar-refractivity contribution < 1.29 is 19.1 Å². The quantitative estimate of drug-likeness (QED) is 0.510. The highest BCUT2D eigenvalue weighted by molar-refractivity contribution is 6.09. The number of aromatic amines is 1. The summed E-state index contributed by atoms with van der Waals surface area (Å²) in [5.41, 5.74) is 5.05. The molecule has 0 saturated heterocycles. The van der Waals surface area contributed by atoms with Crippen LogP contribution in [0.5, 0.6) is 0 Å². The van der Waals surface area contributed by atoms with Gasteiger partial charge in [-0.1, -0.05) is 17.7 Å². The number of carbonyl (C=O) groups is 3. The van der Waals surface area contributed by atoms with Crippen molar-refractivity contribution in [2.75, 3.05) is 17.2 Å². The van der Waals surface area contributed by atoms with Crippen LogP contribution in [0.25, 0.3) is 11.3 Å². The molecule has 0 bridgehead atoms. The van der Waals surface area contributed by atoms with Crippen LogP contribution >= 0.6 is 0 Å². The molecule has 0 unspecified atom stereocenters. The standard InChI is InChI=1S/C25H27N5O4/c1-14(2)34-25(33)30-12-19-22(20(32)13-30)24(28-18-7-5-15(3)6-8-18)23(29-19)17-9-10-26-21(11-17)27-16(4)31/h5-11,14,28-29H,12-13H2,1-4H3,(H,26,27,31). The first-order valence-electron chi connectivity index (χ1n) is 11.0. The lowest BCUT2D eigenvalue weighted by atomic mass is 10.0. The van der Waals surface area contributed by atoms with E-state index in [9.17, 15) is 14.4 Å². The second kappa shape index (κ2) is 9.38. The second-order valence-corrected chi connectivity index (χ2v) is 8.54. The Bertz CT molecular complexity index is 1250. The van der Waals surface area contributed by atoms with Crippen molar-refractivity contribution in [2.45, 2.75) is 40.3 Å². The van der Waals surface area contributed by atoms with E-state index in [4.69, 9.17) is 4.74 Å². The number of aryl methyl sites for hydroxylation is 1. The zero-order chi connectivity index (χ0) is 24.4. The Morgan fingerprint density at radius 3 is 2.56 bits per heavy atom. The summed E-state index contributed by atoms with van der Waals surface area (Å²) in [6.45, 7) is 7.08. The van der Waals surface area contributed by atoms with E-state index in [1.165, 1.54) is 11.8 Å². The third-order valence-corrected chi connectivity index (χ3v) is 5.31. The maximum absolute atomic E-state index is 13.2. The number of hydrogen-bond acceptors (Lipinski definition) is 6. The number of benzene rings is 1. The maximum Gasteiger partial charge on any atom is 0.410 e. The summed E-state index contributed by atoms with van der Waals surface area (Å²) < 4.78 is 5.29. The highest BCUT2D eigenvalue weighted by atomic mass is 16.6. The minimum Gasteiger partial charge on any atom is -0.447 e. The van der Waals surface area contributed by atoms with Crippen molar-refractivity contribution in [3.63, 3.8) is 0 Å². The molecule has 0 saturated carbocycles. The molecule has 0 aliphatic carbocycles. The summed E-state index contributed by atoms with van der Waals surface area (Å²) in [5.74, 6) is -0.0366. The first-order valence-corrected chi connectivity index (χ1v) is 11.0. The summed E-state index contributed by atoms with van der Waals surface area (Å²) in [7, 11) is 0. The zero-order valence-corrected chi connectivity index (χ0v) is 19.6. The fourth-order valence-electron chi connectivity index (χ4n) is 3.84. The van der Waals surface area contributed by atoms with Crippen LogP contribution in [-0.4, -0.2) is 45.3 Å². The molecule has 1 aliphatic rings. The van der Waals surface area contributed by atoms with E-state index >= 15 is 0 Å². The van der Waals surface area contributed by atoms with Gasteiger partial charge in [-0.05, 0) is 45.0 Å². The van der Waals surface area contributed by atoms with Crippen LogP contribution in [0, 0.1) is 6.92 Å². The minimum absolute atomic E-state index is 0.0775. The molecule has 4 rings (SSSR count). The van der Waals surface area contributed by atoms with Gasteiger partial charge in [-0.15, -0.1) is 0 Å². The number of pyridine rings is 1. The molecule has 0 spiro atoms. The van der Waals surface area contributed by atoms with Gasteiger partial charge in [0, 0.05) is 30.1 Å². The zero-order valence-electron chi connectivity index (χ0n) is 19.6. The van der Waals surface area contributed by atoms with Crippen molar-refractivity contribution >= 4 is 35.0 Å². The number of hydrogen-bond donors (Lipinski definition) is 3. The van der Waals surface area contributed by atoms with Crippen LogP contribution in [0.2, 0.25) is 0 Å². The van der Waals surface area contributed by atoms with Crippen LogP contribution in [0.15, 0.2) is 42.6 Å². The lowest BCUT2D eigenvalue weighted by molar-refractivity contribution is -0.114. The molecule has 0 atom stereocenters. The predicted molar refractivity (Wildman–Crippen MR) is 129 cm³/mol. The number of rotatable bonds is 5. The molecule has 2 amide bonds. The van der Waals surface area contributed by atoms with Crippen molar-refractivity contribution in [1.82, 2.24) is 14.9 Å². The Morgan fingerprint density at radius 1 is 1.15 bits per heavy atom. The number of carbonyl (C=O) groups excluding carboxylic acids is 3. The number of nitrogens with zero attached hydrogens (tertiary/aromatic N) is 2. The molecule has 1 aromatic carbocycles. The van der Waals surface area contributed by atoms with Gasteiger partial charge in [0.15, 0.2) is 5.78 Å². The number of anilines is 3. The van der Waals surface area contributed by atoms with Gasteiger partial charge >= 0.3 is 6.09 Å². The minimum atomic E-state index is -0.532. The van der Waals surface area contributed by atoms with Gasteiger partial charge in [-0.2, -0.15) is 0 Å². The molecule has 9 heteroatoms. The molecule has 0 radical (unpaired) electrons. The van der Waals surface area contributed by atoms with Crippen LogP contribution < -0.4 is 10.6 Å². The highest BCUT2D eigenvalue weighted by Crippen LogP contribution is 2.38. The second-order valence-electron chi connectivity index (χ2n) is 8.54.